The van der Waals surface area contributed by atoms with Gasteiger partial charge in [0.1, 0.15) is 5.75 Å². The summed E-state index contributed by atoms with van der Waals surface area (Å²) < 4.78 is 12.2. The van der Waals surface area contributed by atoms with Gasteiger partial charge >= 0.3 is 0 Å². The fourth-order valence-electron chi connectivity index (χ4n) is 1.21. The van der Waals surface area contributed by atoms with Crippen molar-refractivity contribution in [3.8, 4) is 5.75 Å². The Kier molecular flexibility index (Phi) is 4.85. The van der Waals surface area contributed by atoms with Crippen molar-refractivity contribution in [1.29, 1.82) is 0 Å². The lowest BCUT2D eigenvalue weighted by Crippen LogP contribution is -2.41. The predicted molar refractivity (Wildman–Crippen MR) is 83.7 cm³/mol. The second-order valence-electron chi connectivity index (χ2n) is 6.56. The summed E-state index contributed by atoms with van der Waals surface area (Å²) in [4.78, 5) is 0. The van der Waals surface area contributed by atoms with Gasteiger partial charge < -0.3 is 9.16 Å². The molecule has 0 aliphatic rings. The molecule has 0 unspecified atom stereocenters. The maximum atomic E-state index is 6.26. The molecule has 0 saturated carbocycles. The number of ether oxygens (including phenoxy) is 1. The molecule has 0 spiro atoms. The molecular weight excluding hydrogens is 252 g/mol. The van der Waals surface area contributed by atoms with E-state index in [0.29, 0.717) is 5.95 Å². The highest BCUT2D eigenvalue weighted by molar-refractivity contribution is 6.74. The van der Waals surface area contributed by atoms with E-state index < -0.39 is 8.32 Å². The van der Waals surface area contributed by atoms with Crippen molar-refractivity contribution in [3.63, 3.8) is 0 Å². The molecule has 0 atom stereocenters. The van der Waals surface area contributed by atoms with Crippen LogP contribution in [0.25, 0.3) is 0 Å². The van der Waals surface area contributed by atoms with Gasteiger partial charge in [0.25, 0.3) is 14.3 Å². The van der Waals surface area contributed by atoms with Crippen LogP contribution in [0.4, 0.5) is 0 Å². The summed E-state index contributed by atoms with van der Waals surface area (Å²) in [5.74, 6) is 1.47. The Hall–Kier alpha value is -1.22. The third-order valence-electron chi connectivity index (χ3n) is 3.52. The molecule has 0 aliphatic heterocycles. The van der Waals surface area contributed by atoms with E-state index in [1.165, 1.54) is 0 Å². The smallest absolute Gasteiger partial charge is 0.269 e. The van der Waals surface area contributed by atoms with Gasteiger partial charge in [0, 0.05) is 5.57 Å². The van der Waals surface area contributed by atoms with Crippen molar-refractivity contribution in [2.45, 2.75) is 52.8 Å². The molecule has 1 rings (SSSR count). The van der Waals surface area contributed by atoms with Gasteiger partial charge in [0.15, 0.2) is 0 Å². The Morgan fingerprint density at radius 3 is 1.95 bits per heavy atom. The Labute approximate surface area is 118 Å². The van der Waals surface area contributed by atoms with E-state index in [0.717, 1.165) is 11.3 Å². The fraction of sp³-hybridized carbons (Fsp3) is 0.500. The van der Waals surface area contributed by atoms with Crippen molar-refractivity contribution >= 4 is 8.32 Å². The molecule has 0 heterocycles. The summed E-state index contributed by atoms with van der Waals surface area (Å²) in [5, 5.41) is 0.160. The minimum Gasteiger partial charge on any atom is -0.519 e. The maximum Gasteiger partial charge on any atom is 0.269 e. The Bertz CT molecular complexity index is 438. The summed E-state index contributed by atoms with van der Waals surface area (Å²) in [6.07, 6.45) is 0. The fourth-order valence-corrected chi connectivity index (χ4v) is 2.22. The van der Waals surface area contributed by atoms with Crippen LogP contribution in [0.2, 0.25) is 18.1 Å². The minimum absolute atomic E-state index is 0.160. The standard InChI is InChI=1S/C16H26O2Si/c1-13(2)15(17-14-11-9-8-10-12-14)18-19(6,7)16(3,4)5/h8-12H,1-7H3. The van der Waals surface area contributed by atoms with Gasteiger partial charge in [-0.3, -0.25) is 0 Å². The molecule has 106 valence electrons. The maximum absolute atomic E-state index is 6.26. The zero-order chi connectivity index (χ0) is 14.7. The van der Waals surface area contributed by atoms with Crippen LogP contribution in [0.3, 0.4) is 0 Å². The first-order valence-electron chi connectivity index (χ1n) is 6.73. The van der Waals surface area contributed by atoms with Crippen LogP contribution in [0.5, 0.6) is 5.75 Å². The van der Waals surface area contributed by atoms with Crippen LogP contribution in [0.1, 0.15) is 34.6 Å². The lowest BCUT2D eigenvalue weighted by atomic mass is 10.2. The van der Waals surface area contributed by atoms with E-state index >= 15 is 0 Å². The quantitative estimate of drug-likeness (QED) is 0.547. The largest absolute Gasteiger partial charge is 0.519 e. The average Bonchev–Trinajstić information content (AvgIpc) is 2.27. The third kappa shape index (κ3) is 4.42. The van der Waals surface area contributed by atoms with E-state index in [9.17, 15) is 0 Å². The Morgan fingerprint density at radius 1 is 1.00 bits per heavy atom. The second-order valence-corrected chi connectivity index (χ2v) is 11.3. The summed E-state index contributed by atoms with van der Waals surface area (Å²) in [6, 6.07) is 9.79. The topological polar surface area (TPSA) is 18.5 Å². The lowest BCUT2D eigenvalue weighted by molar-refractivity contribution is 0.205. The molecule has 1 aromatic carbocycles. The first-order valence-corrected chi connectivity index (χ1v) is 9.64. The number of rotatable bonds is 4. The SMILES string of the molecule is CC(C)=C(Oc1ccccc1)O[Si](C)(C)C(C)(C)C. The summed E-state index contributed by atoms with van der Waals surface area (Å²) in [7, 11) is -1.87. The third-order valence-corrected chi connectivity index (χ3v) is 7.82. The average molecular weight is 278 g/mol. The van der Waals surface area contributed by atoms with Crippen LogP contribution in [-0.2, 0) is 4.43 Å². The van der Waals surface area contributed by atoms with Crippen molar-refractivity contribution in [1.82, 2.24) is 0 Å². The van der Waals surface area contributed by atoms with E-state index in [2.05, 4.69) is 33.9 Å². The van der Waals surface area contributed by atoms with Crippen molar-refractivity contribution < 1.29 is 9.16 Å². The molecule has 3 heteroatoms. The van der Waals surface area contributed by atoms with Gasteiger partial charge in [-0.05, 0) is 44.1 Å². The first kappa shape index (κ1) is 15.8. The van der Waals surface area contributed by atoms with Gasteiger partial charge in [0.05, 0.1) is 0 Å². The second kappa shape index (κ2) is 5.82. The van der Waals surface area contributed by atoms with Crippen LogP contribution in [-0.4, -0.2) is 8.32 Å². The molecular formula is C16H26O2Si. The highest BCUT2D eigenvalue weighted by Gasteiger charge is 2.40. The van der Waals surface area contributed by atoms with Crippen LogP contribution >= 0.6 is 0 Å². The van der Waals surface area contributed by atoms with Gasteiger partial charge in [-0.2, -0.15) is 0 Å². The zero-order valence-electron chi connectivity index (χ0n) is 13.2. The molecule has 0 aliphatic carbocycles. The van der Waals surface area contributed by atoms with Gasteiger partial charge in [-0.1, -0.05) is 39.0 Å². The number of hydrogen-bond donors (Lipinski definition) is 0. The van der Waals surface area contributed by atoms with Crippen LogP contribution in [0, 0.1) is 0 Å². The predicted octanol–water partition coefficient (Wildman–Crippen LogP) is 5.34. The normalized spacial score (nSPS) is 11.9. The molecule has 0 amide bonds. The monoisotopic (exact) mass is 278 g/mol. The lowest BCUT2D eigenvalue weighted by Gasteiger charge is -2.37. The summed E-state index contributed by atoms with van der Waals surface area (Å²) >= 11 is 0. The van der Waals surface area contributed by atoms with E-state index in [1.807, 2.05) is 44.2 Å². The van der Waals surface area contributed by atoms with Crippen LogP contribution < -0.4 is 4.74 Å². The van der Waals surface area contributed by atoms with Crippen molar-refractivity contribution in [2.75, 3.05) is 0 Å². The Morgan fingerprint density at radius 2 is 1.53 bits per heavy atom. The molecule has 0 saturated heterocycles. The molecule has 1 aromatic rings. The molecule has 0 radical (unpaired) electrons. The minimum atomic E-state index is -1.87. The first-order chi connectivity index (χ1) is 8.63. The molecule has 0 bridgehead atoms. The van der Waals surface area contributed by atoms with E-state index in [4.69, 9.17) is 9.16 Å². The van der Waals surface area contributed by atoms with Crippen molar-refractivity contribution in [3.05, 3.63) is 41.9 Å². The number of benzene rings is 1. The molecule has 0 aromatic heterocycles. The zero-order valence-corrected chi connectivity index (χ0v) is 14.2. The van der Waals surface area contributed by atoms with Gasteiger partial charge in [-0.25, -0.2) is 0 Å². The molecule has 0 N–H and O–H groups in total. The number of para-hydroxylation sites is 1. The van der Waals surface area contributed by atoms with E-state index in [1.54, 1.807) is 0 Å². The summed E-state index contributed by atoms with van der Waals surface area (Å²) in [6.45, 7) is 15.2. The number of allylic oxidation sites excluding steroid dienone is 1. The van der Waals surface area contributed by atoms with Crippen LogP contribution in [0.15, 0.2) is 41.9 Å². The van der Waals surface area contributed by atoms with Gasteiger partial charge in [-0.15, -0.1) is 0 Å². The summed E-state index contributed by atoms with van der Waals surface area (Å²) in [5.41, 5.74) is 1.06. The van der Waals surface area contributed by atoms with Gasteiger partial charge in [0.2, 0.25) is 0 Å². The van der Waals surface area contributed by atoms with E-state index in [-0.39, 0.29) is 5.04 Å². The number of hydrogen-bond acceptors (Lipinski definition) is 2. The Balaban J connectivity index is 2.91. The molecule has 0 fully saturated rings. The highest BCUT2D eigenvalue weighted by atomic mass is 28.4. The van der Waals surface area contributed by atoms with Crippen molar-refractivity contribution in [2.24, 2.45) is 0 Å². The molecule has 2 nitrogen and oxygen atoms in total. The highest BCUT2D eigenvalue weighted by Crippen LogP contribution is 2.38. The molecule has 19 heavy (non-hydrogen) atoms.